The molecular formula is C12H10ClNO2. The number of hydrogen-bond acceptors (Lipinski definition) is 3. The molecule has 1 aromatic carbocycles. The van der Waals surface area contributed by atoms with Gasteiger partial charge in [-0.05, 0) is 31.2 Å². The molecule has 4 heteroatoms. The number of hydrogen-bond donors (Lipinski definition) is 1. The Hall–Kier alpha value is -1.74. The molecule has 0 spiro atoms. The zero-order chi connectivity index (χ0) is 11.7. The van der Waals surface area contributed by atoms with Crippen LogP contribution < -0.4 is 5.73 Å². The first kappa shape index (κ1) is 10.8. The summed E-state index contributed by atoms with van der Waals surface area (Å²) in [5, 5.41) is 0.332. The molecule has 0 fully saturated rings. The number of nitrogen functional groups attached to an aromatic ring is 1. The summed E-state index contributed by atoms with van der Waals surface area (Å²) in [4.78, 5) is 12.0. The lowest BCUT2D eigenvalue weighted by Gasteiger charge is -2.04. The van der Waals surface area contributed by atoms with Gasteiger partial charge in [0.25, 0.3) is 0 Å². The summed E-state index contributed by atoms with van der Waals surface area (Å²) < 4.78 is 5.25. The van der Waals surface area contributed by atoms with Crippen molar-refractivity contribution in [2.75, 3.05) is 5.73 Å². The summed E-state index contributed by atoms with van der Waals surface area (Å²) in [7, 11) is 0. The summed E-state index contributed by atoms with van der Waals surface area (Å²) in [6, 6.07) is 8.29. The SMILES string of the molecule is Cc1ccc(C(=O)c2c(N)cccc2Cl)o1. The minimum absolute atomic E-state index is 0.248. The molecule has 0 saturated carbocycles. The maximum Gasteiger partial charge on any atom is 0.231 e. The predicted molar refractivity (Wildman–Crippen MR) is 62.7 cm³/mol. The number of ketones is 1. The summed E-state index contributed by atoms with van der Waals surface area (Å²) >= 11 is 5.94. The first-order valence-corrected chi connectivity index (χ1v) is 5.12. The third-order valence-corrected chi connectivity index (χ3v) is 2.55. The minimum Gasteiger partial charge on any atom is -0.458 e. The average Bonchev–Trinajstić information content (AvgIpc) is 2.64. The second kappa shape index (κ2) is 4.02. The number of aryl methyl sites for hydroxylation is 1. The van der Waals surface area contributed by atoms with Crippen molar-refractivity contribution in [2.24, 2.45) is 0 Å². The van der Waals surface area contributed by atoms with E-state index in [1.807, 2.05) is 0 Å². The van der Waals surface area contributed by atoms with Crippen molar-refractivity contribution < 1.29 is 9.21 Å². The Labute approximate surface area is 97.8 Å². The van der Waals surface area contributed by atoms with Crippen LogP contribution in [0.25, 0.3) is 0 Å². The van der Waals surface area contributed by atoms with E-state index in [4.69, 9.17) is 21.8 Å². The Morgan fingerprint density at radius 2 is 2.06 bits per heavy atom. The molecule has 3 nitrogen and oxygen atoms in total. The van der Waals surface area contributed by atoms with Crippen LogP contribution in [0.2, 0.25) is 5.02 Å². The maximum atomic E-state index is 12.0. The first-order valence-electron chi connectivity index (χ1n) is 4.74. The molecule has 0 aliphatic heterocycles. The lowest BCUT2D eigenvalue weighted by molar-refractivity contribution is 0.101. The van der Waals surface area contributed by atoms with E-state index in [2.05, 4.69) is 0 Å². The zero-order valence-corrected chi connectivity index (χ0v) is 9.41. The average molecular weight is 236 g/mol. The quantitative estimate of drug-likeness (QED) is 0.643. The number of carbonyl (C=O) groups is 1. The molecule has 1 heterocycles. The van der Waals surface area contributed by atoms with Crippen LogP contribution >= 0.6 is 11.6 Å². The van der Waals surface area contributed by atoms with Crippen molar-refractivity contribution in [3.05, 3.63) is 52.4 Å². The summed E-state index contributed by atoms with van der Waals surface area (Å²) in [6.07, 6.45) is 0. The van der Waals surface area contributed by atoms with Crippen LogP contribution in [0.1, 0.15) is 21.9 Å². The highest BCUT2D eigenvalue weighted by atomic mass is 35.5. The molecule has 16 heavy (non-hydrogen) atoms. The lowest BCUT2D eigenvalue weighted by atomic mass is 10.1. The zero-order valence-electron chi connectivity index (χ0n) is 8.66. The Balaban J connectivity index is 2.49. The normalized spacial score (nSPS) is 10.4. The van der Waals surface area contributed by atoms with Gasteiger partial charge in [0.05, 0.1) is 10.6 Å². The molecule has 2 N–H and O–H groups in total. The van der Waals surface area contributed by atoms with Gasteiger partial charge in [-0.25, -0.2) is 0 Å². The van der Waals surface area contributed by atoms with Crippen molar-refractivity contribution >= 4 is 23.1 Å². The van der Waals surface area contributed by atoms with Gasteiger partial charge >= 0.3 is 0 Å². The van der Waals surface area contributed by atoms with Gasteiger partial charge in [-0.3, -0.25) is 4.79 Å². The highest BCUT2D eigenvalue weighted by Gasteiger charge is 2.18. The summed E-state index contributed by atoms with van der Waals surface area (Å²) in [5.74, 6) is 0.627. The minimum atomic E-state index is -0.295. The molecule has 2 rings (SSSR count). The van der Waals surface area contributed by atoms with E-state index in [9.17, 15) is 4.79 Å². The largest absolute Gasteiger partial charge is 0.458 e. The number of benzene rings is 1. The van der Waals surface area contributed by atoms with Gasteiger partial charge in [-0.2, -0.15) is 0 Å². The Morgan fingerprint density at radius 3 is 2.62 bits per heavy atom. The van der Waals surface area contributed by atoms with E-state index in [-0.39, 0.29) is 11.5 Å². The maximum absolute atomic E-state index is 12.0. The standard InChI is InChI=1S/C12H10ClNO2/c1-7-5-6-10(16-7)12(15)11-8(13)3-2-4-9(11)14/h2-6H,14H2,1H3. The first-order chi connectivity index (χ1) is 7.59. The van der Waals surface area contributed by atoms with E-state index in [1.54, 1.807) is 37.3 Å². The third-order valence-electron chi connectivity index (χ3n) is 2.24. The molecule has 0 aliphatic rings. The van der Waals surface area contributed by atoms with Gasteiger partial charge < -0.3 is 10.2 Å². The second-order valence-electron chi connectivity index (χ2n) is 3.44. The van der Waals surface area contributed by atoms with Crippen LogP contribution in [-0.4, -0.2) is 5.78 Å². The van der Waals surface area contributed by atoms with Gasteiger partial charge in [0.2, 0.25) is 5.78 Å². The predicted octanol–water partition coefficient (Wildman–Crippen LogP) is 3.05. The van der Waals surface area contributed by atoms with Crippen molar-refractivity contribution in [3.8, 4) is 0 Å². The van der Waals surface area contributed by atoms with Gasteiger partial charge in [-0.1, -0.05) is 17.7 Å². The monoisotopic (exact) mass is 235 g/mol. The Kier molecular flexibility index (Phi) is 2.71. The topological polar surface area (TPSA) is 56.2 Å². The second-order valence-corrected chi connectivity index (χ2v) is 3.85. The van der Waals surface area contributed by atoms with Crippen LogP contribution in [0.15, 0.2) is 34.7 Å². The van der Waals surface area contributed by atoms with Crippen molar-refractivity contribution in [1.29, 1.82) is 0 Å². The third kappa shape index (κ3) is 1.82. The number of carbonyl (C=O) groups excluding carboxylic acids is 1. The van der Waals surface area contributed by atoms with Gasteiger partial charge in [0.15, 0.2) is 5.76 Å². The molecule has 0 aliphatic carbocycles. The fraction of sp³-hybridized carbons (Fsp3) is 0.0833. The van der Waals surface area contributed by atoms with Gasteiger partial charge in [0.1, 0.15) is 5.76 Å². The molecule has 0 radical (unpaired) electrons. The fourth-order valence-corrected chi connectivity index (χ4v) is 1.73. The lowest BCUT2D eigenvalue weighted by Crippen LogP contribution is -2.05. The molecule has 0 unspecified atom stereocenters. The highest BCUT2D eigenvalue weighted by molar-refractivity contribution is 6.35. The van der Waals surface area contributed by atoms with E-state index in [1.165, 1.54) is 0 Å². The van der Waals surface area contributed by atoms with Crippen LogP contribution in [0.3, 0.4) is 0 Å². The molecule has 0 saturated heterocycles. The molecule has 0 amide bonds. The number of rotatable bonds is 2. The molecule has 1 aromatic heterocycles. The molecule has 0 bridgehead atoms. The van der Waals surface area contributed by atoms with Crippen LogP contribution in [0.4, 0.5) is 5.69 Å². The van der Waals surface area contributed by atoms with E-state index in [0.717, 1.165) is 0 Å². The Bertz CT molecular complexity index is 525. The number of halogens is 1. The van der Waals surface area contributed by atoms with E-state index in [0.29, 0.717) is 22.0 Å². The van der Waals surface area contributed by atoms with Gasteiger partial charge in [0, 0.05) is 5.69 Å². The fourth-order valence-electron chi connectivity index (χ4n) is 1.46. The van der Waals surface area contributed by atoms with Gasteiger partial charge in [-0.15, -0.1) is 0 Å². The van der Waals surface area contributed by atoms with Crippen molar-refractivity contribution in [1.82, 2.24) is 0 Å². The number of furan rings is 1. The van der Waals surface area contributed by atoms with E-state index >= 15 is 0 Å². The smallest absolute Gasteiger partial charge is 0.231 e. The molecular weight excluding hydrogens is 226 g/mol. The van der Waals surface area contributed by atoms with Crippen LogP contribution in [-0.2, 0) is 0 Å². The Morgan fingerprint density at radius 1 is 1.31 bits per heavy atom. The number of anilines is 1. The summed E-state index contributed by atoms with van der Waals surface area (Å²) in [5.41, 5.74) is 6.36. The molecule has 0 atom stereocenters. The molecule has 2 aromatic rings. The van der Waals surface area contributed by atoms with Crippen LogP contribution in [0, 0.1) is 6.92 Å². The van der Waals surface area contributed by atoms with Crippen LogP contribution in [0.5, 0.6) is 0 Å². The molecule has 82 valence electrons. The van der Waals surface area contributed by atoms with Crippen molar-refractivity contribution in [2.45, 2.75) is 6.92 Å². The van der Waals surface area contributed by atoms with Crippen molar-refractivity contribution in [3.63, 3.8) is 0 Å². The number of nitrogens with two attached hydrogens (primary N) is 1. The highest BCUT2D eigenvalue weighted by Crippen LogP contribution is 2.25. The van der Waals surface area contributed by atoms with E-state index < -0.39 is 0 Å². The summed E-state index contributed by atoms with van der Waals surface area (Å²) in [6.45, 7) is 1.77.